The zero-order chi connectivity index (χ0) is 19.2. The minimum atomic E-state index is -0.245. The van der Waals surface area contributed by atoms with Crippen LogP contribution in [-0.4, -0.2) is 62.0 Å². The first-order valence-electron chi connectivity index (χ1n) is 8.79. The highest BCUT2D eigenvalue weighted by Crippen LogP contribution is 2.26. The van der Waals surface area contributed by atoms with Crippen molar-refractivity contribution in [1.82, 2.24) is 15.1 Å². The van der Waals surface area contributed by atoms with Crippen molar-refractivity contribution in [3.05, 3.63) is 59.1 Å². The molecule has 0 saturated carbocycles. The molecule has 0 spiro atoms. The third-order valence-corrected chi connectivity index (χ3v) is 4.66. The molecule has 2 aromatic rings. The number of methoxy groups -OCH3 is 1. The van der Waals surface area contributed by atoms with E-state index in [2.05, 4.69) is 22.2 Å². The van der Waals surface area contributed by atoms with Crippen LogP contribution in [0.2, 0.25) is 5.02 Å². The van der Waals surface area contributed by atoms with Gasteiger partial charge in [-0.1, -0.05) is 29.8 Å². The summed E-state index contributed by atoms with van der Waals surface area (Å²) in [6, 6.07) is 14.3. The number of aliphatic imine (C=N–C) groups is 1. The number of halogens is 1. The van der Waals surface area contributed by atoms with Gasteiger partial charge in [0.25, 0.3) is 5.91 Å². The van der Waals surface area contributed by atoms with Crippen molar-refractivity contribution < 1.29 is 9.53 Å². The highest BCUT2D eigenvalue weighted by atomic mass is 35.5. The molecule has 1 saturated heterocycles. The molecular weight excluding hydrogens is 364 g/mol. The SMILES string of the molecule is COc1ccccc1N=C(NC(=O)c1cccc(Cl)c1)N1CCN(C)CC1. The van der Waals surface area contributed by atoms with Crippen LogP contribution in [0.15, 0.2) is 53.5 Å². The standard InChI is InChI=1S/C20H23ClN4O2/c1-24-10-12-25(13-11-24)20(22-17-8-3-4-9-18(17)27-2)23-19(26)15-6-5-7-16(21)14-15/h3-9,14H,10-13H2,1-2H3,(H,22,23,26). The van der Waals surface area contributed by atoms with Crippen LogP contribution in [0.4, 0.5) is 5.69 Å². The lowest BCUT2D eigenvalue weighted by atomic mass is 10.2. The summed E-state index contributed by atoms with van der Waals surface area (Å²) in [5, 5.41) is 3.47. The number of nitrogens with one attached hydrogen (secondary N) is 1. The third-order valence-electron chi connectivity index (χ3n) is 4.43. The molecule has 1 aliphatic heterocycles. The number of ether oxygens (including phenoxy) is 1. The van der Waals surface area contributed by atoms with Crippen LogP contribution in [0.3, 0.4) is 0 Å². The van der Waals surface area contributed by atoms with Crippen molar-refractivity contribution in [2.75, 3.05) is 40.3 Å². The number of benzene rings is 2. The van der Waals surface area contributed by atoms with Crippen molar-refractivity contribution in [1.29, 1.82) is 0 Å². The maximum atomic E-state index is 12.7. The van der Waals surface area contributed by atoms with Crippen molar-refractivity contribution in [2.45, 2.75) is 0 Å². The van der Waals surface area contributed by atoms with Gasteiger partial charge in [-0.05, 0) is 37.4 Å². The van der Waals surface area contributed by atoms with E-state index >= 15 is 0 Å². The molecule has 0 bridgehead atoms. The Kier molecular flexibility index (Phi) is 6.32. The minimum absolute atomic E-state index is 0.245. The van der Waals surface area contributed by atoms with Gasteiger partial charge in [0.2, 0.25) is 5.96 Å². The lowest BCUT2D eigenvalue weighted by Crippen LogP contribution is -2.52. The Morgan fingerprint density at radius 2 is 1.85 bits per heavy atom. The molecule has 0 unspecified atom stereocenters. The fraction of sp³-hybridized carbons (Fsp3) is 0.300. The van der Waals surface area contributed by atoms with Crippen LogP contribution in [0.25, 0.3) is 0 Å². The molecule has 1 aliphatic rings. The predicted octanol–water partition coefficient (Wildman–Crippen LogP) is 3.01. The van der Waals surface area contributed by atoms with E-state index in [4.69, 9.17) is 21.3 Å². The first-order chi connectivity index (χ1) is 13.1. The molecule has 7 heteroatoms. The van der Waals surface area contributed by atoms with Crippen molar-refractivity contribution in [2.24, 2.45) is 4.99 Å². The number of guanidine groups is 1. The molecular formula is C20H23ClN4O2. The molecule has 6 nitrogen and oxygen atoms in total. The zero-order valence-corrected chi connectivity index (χ0v) is 16.2. The fourth-order valence-electron chi connectivity index (χ4n) is 2.84. The molecule has 0 aliphatic carbocycles. The summed E-state index contributed by atoms with van der Waals surface area (Å²) in [6.07, 6.45) is 0. The van der Waals surface area contributed by atoms with Crippen molar-refractivity contribution >= 4 is 29.2 Å². The zero-order valence-electron chi connectivity index (χ0n) is 15.5. The Labute approximate surface area is 164 Å². The average Bonchev–Trinajstić information content (AvgIpc) is 2.68. The maximum Gasteiger partial charge on any atom is 0.258 e. The maximum absolute atomic E-state index is 12.7. The Morgan fingerprint density at radius 3 is 2.56 bits per heavy atom. The lowest BCUT2D eigenvalue weighted by Gasteiger charge is -2.34. The van der Waals surface area contributed by atoms with E-state index in [-0.39, 0.29) is 5.91 Å². The van der Waals surface area contributed by atoms with E-state index in [1.54, 1.807) is 31.4 Å². The van der Waals surface area contributed by atoms with E-state index in [9.17, 15) is 4.79 Å². The largest absolute Gasteiger partial charge is 0.494 e. The van der Waals surface area contributed by atoms with Crippen molar-refractivity contribution in [3.63, 3.8) is 0 Å². The van der Waals surface area contributed by atoms with Crippen LogP contribution < -0.4 is 10.1 Å². The van der Waals surface area contributed by atoms with Crippen LogP contribution in [0.1, 0.15) is 10.4 Å². The summed E-state index contributed by atoms with van der Waals surface area (Å²) < 4.78 is 5.39. The minimum Gasteiger partial charge on any atom is -0.494 e. The number of carbonyl (C=O) groups is 1. The topological polar surface area (TPSA) is 57.2 Å². The molecule has 1 heterocycles. The number of likely N-dealkylation sites (N-methyl/N-ethyl adjacent to an activating group) is 1. The van der Waals surface area contributed by atoms with Gasteiger partial charge < -0.3 is 14.5 Å². The summed E-state index contributed by atoms with van der Waals surface area (Å²) in [5.41, 5.74) is 1.16. The Hall–Kier alpha value is -2.57. The van der Waals surface area contributed by atoms with E-state index in [1.165, 1.54) is 0 Å². The van der Waals surface area contributed by atoms with E-state index in [0.29, 0.717) is 28.0 Å². The van der Waals surface area contributed by atoms with Crippen LogP contribution in [0, 0.1) is 0 Å². The lowest BCUT2D eigenvalue weighted by molar-refractivity contribution is 0.0969. The number of hydrogen-bond acceptors (Lipinski definition) is 4. The van der Waals surface area contributed by atoms with Gasteiger partial charge in [0, 0.05) is 36.8 Å². The number of nitrogens with zero attached hydrogens (tertiary/aromatic N) is 3. The molecule has 0 aromatic heterocycles. The second-order valence-corrected chi connectivity index (χ2v) is 6.80. The fourth-order valence-corrected chi connectivity index (χ4v) is 3.03. The van der Waals surface area contributed by atoms with Gasteiger partial charge in [-0.25, -0.2) is 4.99 Å². The Bertz CT molecular complexity index is 832. The average molecular weight is 387 g/mol. The van der Waals surface area contributed by atoms with Gasteiger partial charge >= 0.3 is 0 Å². The van der Waals surface area contributed by atoms with Gasteiger partial charge in [-0.15, -0.1) is 0 Å². The number of para-hydroxylation sites is 2. The quantitative estimate of drug-likeness (QED) is 0.650. The molecule has 1 N–H and O–H groups in total. The van der Waals surface area contributed by atoms with Gasteiger partial charge in [0.05, 0.1) is 7.11 Å². The molecule has 3 rings (SSSR count). The Balaban J connectivity index is 1.90. The second kappa shape index (κ2) is 8.88. The number of rotatable bonds is 3. The smallest absolute Gasteiger partial charge is 0.258 e. The highest BCUT2D eigenvalue weighted by Gasteiger charge is 2.20. The number of carbonyl (C=O) groups excluding carboxylic acids is 1. The molecule has 0 radical (unpaired) electrons. The molecule has 142 valence electrons. The highest BCUT2D eigenvalue weighted by molar-refractivity contribution is 6.31. The van der Waals surface area contributed by atoms with E-state index < -0.39 is 0 Å². The van der Waals surface area contributed by atoms with Gasteiger partial charge in [0.1, 0.15) is 11.4 Å². The van der Waals surface area contributed by atoms with Gasteiger partial charge in [-0.3, -0.25) is 10.1 Å². The molecule has 2 aromatic carbocycles. The number of amides is 1. The van der Waals surface area contributed by atoms with Gasteiger partial charge in [0.15, 0.2) is 0 Å². The summed E-state index contributed by atoms with van der Waals surface area (Å²) in [4.78, 5) is 21.8. The number of hydrogen-bond donors (Lipinski definition) is 1. The van der Waals surface area contributed by atoms with E-state index in [0.717, 1.165) is 26.2 Å². The first-order valence-corrected chi connectivity index (χ1v) is 9.17. The predicted molar refractivity (Wildman–Crippen MR) is 108 cm³/mol. The normalized spacial score (nSPS) is 15.5. The van der Waals surface area contributed by atoms with Gasteiger partial charge in [-0.2, -0.15) is 0 Å². The molecule has 1 amide bonds. The summed E-state index contributed by atoms with van der Waals surface area (Å²) in [5.74, 6) is 0.920. The second-order valence-electron chi connectivity index (χ2n) is 6.36. The van der Waals surface area contributed by atoms with E-state index in [1.807, 2.05) is 24.3 Å². The number of piperazine rings is 1. The molecule has 0 atom stereocenters. The first kappa shape index (κ1) is 19.2. The monoisotopic (exact) mass is 386 g/mol. The summed E-state index contributed by atoms with van der Waals surface area (Å²) >= 11 is 6.02. The van der Waals surface area contributed by atoms with Crippen LogP contribution >= 0.6 is 11.6 Å². The van der Waals surface area contributed by atoms with Crippen LogP contribution in [-0.2, 0) is 0 Å². The van der Waals surface area contributed by atoms with Crippen LogP contribution in [0.5, 0.6) is 5.75 Å². The van der Waals surface area contributed by atoms with Crippen molar-refractivity contribution in [3.8, 4) is 5.75 Å². The molecule has 1 fully saturated rings. The molecule has 27 heavy (non-hydrogen) atoms. The summed E-state index contributed by atoms with van der Waals surface area (Å²) in [6.45, 7) is 3.36. The summed E-state index contributed by atoms with van der Waals surface area (Å²) in [7, 11) is 3.69. The third kappa shape index (κ3) is 4.99. The Morgan fingerprint density at radius 1 is 1.11 bits per heavy atom.